The molecule has 0 unspecified atom stereocenters. The van der Waals surface area contributed by atoms with Crippen molar-refractivity contribution in [1.82, 2.24) is 14.5 Å². The lowest BCUT2D eigenvalue weighted by Crippen LogP contribution is -2.39. The van der Waals surface area contributed by atoms with Crippen LogP contribution in [0, 0.1) is 0 Å². The van der Waals surface area contributed by atoms with Crippen LogP contribution in [-0.4, -0.2) is 36.1 Å². The van der Waals surface area contributed by atoms with E-state index in [0.717, 1.165) is 11.1 Å². The Labute approximate surface area is 167 Å². The van der Waals surface area contributed by atoms with Crippen molar-refractivity contribution >= 4 is 10.0 Å². The van der Waals surface area contributed by atoms with Gasteiger partial charge < -0.3 is 4.74 Å². The fourth-order valence-corrected chi connectivity index (χ4v) is 4.77. The maximum atomic E-state index is 13.4. The molecular weight excluding hydrogens is 407 g/mol. The number of fused-ring (bicyclic) bond motifs is 2. The molecule has 1 aromatic carbocycles. The summed E-state index contributed by atoms with van der Waals surface area (Å²) in [5, 5.41) is 3.33. The highest BCUT2D eigenvalue weighted by Crippen LogP contribution is 2.36. The summed E-state index contributed by atoms with van der Waals surface area (Å²) in [6.07, 6.45) is -3.15. The summed E-state index contributed by atoms with van der Waals surface area (Å²) in [4.78, 5) is 0. The number of rotatable bonds is 4. The average molecular weight is 429 g/mol. The maximum absolute atomic E-state index is 13.4. The van der Waals surface area contributed by atoms with Gasteiger partial charge in [0.15, 0.2) is 5.69 Å². The number of hydrogen-bond acceptors (Lipinski definition) is 4. The van der Waals surface area contributed by atoms with Crippen molar-refractivity contribution in [2.75, 3.05) is 6.61 Å². The predicted molar refractivity (Wildman–Crippen MR) is 100 cm³/mol. The van der Waals surface area contributed by atoms with Crippen LogP contribution >= 0.6 is 0 Å². The van der Waals surface area contributed by atoms with Crippen molar-refractivity contribution < 1.29 is 26.3 Å². The van der Waals surface area contributed by atoms with E-state index < -0.39 is 27.1 Å². The molecule has 158 valence electrons. The van der Waals surface area contributed by atoms with Crippen LogP contribution in [0.5, 0.6) is 0 Å². The van der Waals surface area contributed by atoms with Crippen LogP contribution < -0.4 is 4.72 Å². The van der Waals surface area contributed by atoms with Gasteiger partial charge in [0, 0.05) is 18.0 Å². The van der Waals surface area contributed by atoms with E-state index in [0.29, 0.717) is 37.3 Å². The molecule has 0 amide bonds. The third kappa shape index (κ3) is 3.80. The van der Waals surface area contributed by atoms with Crippen molar-refractivity contribution in [3.8, 4) is 5.69 Å². The molecule has 0 saturated carbocycles. The molecule has 0 radical (unpaired) electrons. The minimum absolute atomic E-state index is 0.0896. The highest BCUT2D eigenvalue weighted by atomic mass is 32.2. The van der Waals surface area contributed by atoms with Crippen molar-refractivity contribution in [3.63, 3.8) is 0 Å². The number of nitrogens with zero attached hydrogens (tertiary/aromatic N) is 2. The molecular formula is C19H22F3N3O3S. The van der Waals surface area contributed by atoms with Gasteiger partial charge in [0.05, 0.1) is 29.8 Å². The summed E-state index contributed by atoms with van der Waals surface area (Å²) in [6, 6.07) is 5.14. The maximum Gasteiger partial charge on any atom is 0.435 e. The number of nitrogens with one attached hydrogen (secondary N) is 1. The van der Waals surface area contributed by atoms with Crippen LogP contribution in [0.4, 0.5) is 13.2 Å². The second kappa shape index (κ2) is 7.10. The summed E-state index contributed by atoms with van der Waals surface area (Å²) in [7, 11) is -3.39. The van der Waals surface area contributed by atoms with E-state index in [4.69, 9.17) is 4.74 Å². The molecule has 2 aliphatic rings. The first-order valence-electron chi connectivity index (χ1n) is 9.45. The molecule has 4 rings (SSSR count). The molecule has 0 fully saturated rings. The van der Waals surface area contributed by atoms with Crippen molar-refractivity contribution in [1.29, 1.82) is 0 Å². The normalized spacial score (nSPS) is 19.4. The predicted octanol–water partition coefficient (Wildman–Crippen LogP) is 2.76. The topological polar surface area (TPSA) is 73.2 Å². The summed E-state index contributed by atoms with van der Waals surface area (Å²) >= 11 is 0. The molecule has 1 aliphatic carbocycles. The number of alkyl halides is 3. The Morgan fingerprint density at radius 1 is 1.24 bits per heavy atom. The van der Waals surface area contributed by atoms with Gasteiger partial charge in [0.2, 0.25) is 10.0 Å². The molecule has 1 aliphatic heterocycles. The van der Waals surface area contributed by atoms with Crippen LogP contribution in [-0.2, 0) is 46.8 Å². The van der Waals surface area contributed by atoms with Crippen molar-refractivity contribution in [2.45, 2.75) is 57.2 Å². The summed E-state index contributed by atoms with van der Waals surface area (Å²) in [5.74, 6) is 0. The second-order valence-corrected chi connectivity index (χ2v) is 10.0. The zero-order chi connectivity index (χ0) is 21.0. The minimum Gasteiger partial charge on any atom is -0.376 e. The number of sulfonamides is 1. The van der Waals surface area contributed by atoms with Gasteiger partial charge in [0.25, 0.3) is 0 Å². The lowest BCUT2D eigenvalue weighted by molar-refractivity contribution is -0.142. The Kier molecular flexibility index (Phi) is 4.99. The van der Waals surface area contributed by atoms with E-state index >= 15 is 0 Å². The van der Waals surface area contributed by atoms with E-state index in [1.807, 2.05) is 12.1 Å². The Hall–Kier alpha value is -1.91. The monoisotopic (exact) mass is 429 g/mol. The molecule has 29 heavy (non-hydrogen) atoms. The quantitative estimate of drug-likeness (QED) is 0.811. The first kappa shape index (κ1) is 20.4. The number of benzene rings is 1. The minimum atomic E-state index is -4.55. The van der Waals surface area contributed by atoms with Crippen LogP contribution in [0.3, 0.4) is 0 Å². The fourth-order valence-electron chi connectivity index (χ4n) is 3.87. The van der Waals surface area contributed by atoms with Gasteiger partial charge in [-0.1, -0.05) is 6.07 Å². The number of halogens is 3. The first-order chi connectivity index (χ1) is 13.6. The van der Waals surface area contributed by atoms with E-state index in [2.05, 4.69) is 9.82 Å². The third-order valence-electron chi connectivity index (χ3n) is 5.41. The van der Waals surface area contributed by atoms with Crippen LogP contribution in [0.15, 0.2) is 18.2 Å². The third-order valence-corrected chi connectivity index (χ3v) is 7.31. The van der Waals surface area contributed by atoms with Crippen LogP contribution in [0.25, 0.3) is 5.69 Å². The Balaban J connectivity index is 1.66. The smallest absolute Gasteiger partial charge is 0.376 e. The van der Waals surface area contributed by atoms with Gasteiger partial charge in [0.1, 0.15) is 0 Å². The van der Waals surface area contributed by atoms with Crippen molar-refractivity contribution in [2.24, 2.45) is 0 Å². The lowest BCUT2D eigenvalue weighted by Gasteiger charge is -2.16. The molecule has 0 spiro atoms. The van der Waals surface area contributed by atoms with Gasteiger partial charge in [-0.05, 0) is 49.9 Å². The van der Waals surface area contributed by atoms with E-state index in [1.165, 1.54) is 4.68 Å². The fraction of sp³-hybridized carbons (Fsp3) is 0.526. The largest absolute Gasteiger partial charge is 0.435 e. The molecule has 0 saturated heterocycles. The zero-order valence-electron chi connectivity index (χ0n) is 16.1. The highest BCUT2D eigenvalue weighted by Gasteiger charge is 2.40. The molecule has 2 heterocycles. The number of hydrogen-bond donors (Lipinski definition) is 1. The molecule has 1 atom stereocenters. The summed E-state index contributed by atoms with van der Waals surface area (Å²) in [6.45, 7) is 3.48. The standard InChI is InChI=1S/C19H22F3N3O3S/c1-11(2)29(26,27)24-14-7-12-3-4-15(9-13(12)8-14)25-17-5-6-28-10-16(17)18(23-25)19(20,21)22/h3-4,9,11,14,24H,5-8,10H2,1-2H3/t14-/m0/s1. The SMILES string of the molecule is CC(C)S(=O)(=O)N[C@H]1Cc2ccc(-n3nc(C(F)(F)F)c4c3CCOC4)cc2C1. The van der Waals surface area contributed by atoms with Crippen LogP contribution in [0.2, 0.25) is 0 Å². The van der Waals surface area contributed by atoms with Crippen LogP contribution in [0.1, 0.15) is 41.9 Å². The molecule has 1 N–H and O–H groups in total. The van der Waals surface area contributed by atoms with Gasteiger partial charge in [-0.15, -0.1) is 0 Å². The lowest BCUT2D eigenvalue weighted by atomic mass is 10.1. The molecule has 10 heteroatoms. The molecule has 2 aromatic rings. The first-order valence-corrected chi connectivity index (χ1v) is 11.0. The Bertz CT molecular complexity index is 1040. The van der Waals surface area contributed by atoms with E-state index in [9.17, 15) is 21.6 Å². The highest BCUT2D eigenvalue weighted by molar-refractivity contribution is 7.90. The van der Waals surface area contributed by atoms with E-state index in [-0.39, 0.29) is 18.2 Å². The molecule has 1 aromatic heterocycles. The second-order valence-electron chi connectivity index (χ2n) is 7.76. The zero-order valence-corrected chi connectivity index (χ0v) is 16.9. The molecule has 6 nitrogen and oxygen atoms in total. The summed E-state index contributed by atoms with van der Waals surface area (Å²) < 4.78 is 73.8. The Morgan fingerprint density at radius 2 is 1.97 bits per heavy atom. The van der Waals surface area contributed by atoms with Gasteiger partial charge >= 0.3 is 6.18 Å². The van der Waals surface area contributed by atoms with Gasteiger partial charge in [-0.3, -0.25) is 0 Å². The van der Waals surface area contributed by atoms with Gasteiger partial charge in [-0.2, -0.15) is 18.3 Å². The van der Waals surface area contributed by atoms with E-state index in [1.54, 1.807) is 19.9 Å². The molecule has 0 bridgehead atoms. The Morgan fingerprint density at radius 3 is 2.66 bits per heavy atom. The number of aromatic nitrogens is 2. The van der Waals surface area contributed by atoms with Gasteiger partial charge in [-0.25, -0.2) is 17.8 Å². The number of ether oxygens (including phenoxy) is 1. The van der Waals surface area contributed by atoms with Crippen molar-refractivity contribution in [3.05, 3.63) is 46.3 Å². The summed E-state index contributed by atoms with van der Waals surface area (Å²) in [5.41, 5.74) is 2.15. The average Bonchev–Trinajstić information content (AvgIpc) is 3.20.